The molecule has 3 N–H and O–H groups in total. The van der Waals surface area contributed by atoms with Crippen LogP contribution in [0.3, 0.4) is 0 Å². The highest BCUT2D eigenvalue weighted by molar-refractivity contribution is 7.98. The van der Waals surface area contributed by atoms with Crippen molar-refractivity contribution in [2.24, 2.45) is 12.1 Å². The number of carbonyl (C=O) groups is 1. The predicted molar refractivity (Wildman–Crippen MR) is 115 cm³/mol. The molecule has 0 fully saturated rings. The summed E-state index contributed by atoms with van der Waals surface area (Å²) >= 11 is 7.51. The molecule has 13 nitrogen and oxygen atoms in total. The summed E-state index contributed by atoms with van der Waals surface area (Å²) in [6.07, 6.45) is 1.57. The zero-order chi connectivity index (χ0) is 22.7. The fraction of sp³-hybridized carbons (Fsp3) is 0.176. The maximum Gasteiger partial charge on any atom is 0.293 e. The number of benzene rings is 1. The Morgan fingerprint density at radius 3 is 2.81 bits per heavy atom. The number of nitrogens with zero attached hydrogens (tertiary/aromatic N) is 9. The first-order chi connectivity index (χ1) is 15.5. The monoisotopic (exact) mass is 473 g/mol. The van der Waals surface area contributed by atoms with Crippen LogP contribution < -0.4 is 11.2 Å². The third kappa shape index (κ3) is 4.31. The van der Waals surface area contributed by atoms with Crippen LogP contribution in [0.1, 0.15) is 28.7 Å². The van der Waals surface area contributed by atoms with E-state index in [2.05, 4.69) is 46.0 Å². The first-order valence-electron chi connectivity index (χ1n) is 9.05. The molecule has 4 aromatic rings. The van der Waals surface area contributed by atoms with Gasteiger partial charge in [-0.25, -0.2) is 10.1 Å². The van der Waals surface area contributed by atoms with Crippen LogP contribution in [0.15, 0.2) is 45.5 Å². The van der Waals surface area contributed by atoms with Crippen molar-refractivity contribution in [1.82, 2.24) is 45.5 Å². The quantitative estimate of drug-likeness (QED) is 0.227. The number of aryl methyl sites for hydroxylation is 1. The van der Waals surface area contributed by atoms with Gasteiger partial charge in [-0.05, 0) is 23.3 Å². The Morgan fingerprint density at radius 1 is 1.31 bits per heavy atom. The van der Waals surface area contributed by atoms with Crippen LogP contribution in [0, 0.1) is 0 Å². The molecule has 0 saturated carbocycles. The molecule has 32 heavy (non-hydrogen) atoms. The van der Waals surface area contributed by atoms with E-state index >= 15 is 0 Å². The molecular formula is C17H16ClN11O2S. The topological polar surface area (TPSA) is 168 Å². The zero-order valence-electron chi connectivity index (χ0n) is 16.8. The Bertz CT molecular complexity index is 1300. The van der Waals surface area contributed by atoms with Gasteiger partial charge in [-0.15, -0.1) is 15.3 Å². The van der Waals surface area contributed by atoms with Crippen LogP contribution in [0.5, 0.6) is 0 Å². The number of carbonyl (C=O) groups excluding carboxylic acids is 1. The number of nitrogens with two attached hydrogens (primary N) is 1. The van der Waals surface area contributed by atoms with Gasteiger partial charge in [-0.3, -0.25) is 4.79 Å². The molecule has 0 radical (unpaired) electrons. The second-order valence-electron chi connectivity index (χ2n) is 6.40. The summed E-state index contributed by atoms with van der Waals surface area (Å²) in [5.74, 6) is -0.214. The van der Waals surface area contributed by atoms with Crippen molar-refractivity contribution in [2.75, 3.05) is 5.73 Å². The third-order valence-electron chi connectivity index (χ3n) is 4.27. The molecule has 3 aromatic heterocycles. The number of hydrogen-bond acceptors (Lipinski definition) is 11. The van der Waals surface area contributed by atoms with E-state index in [1.54, 1.807) is 37.0 Å². The molecule has 4 rings (SSSR count). The molecular weight excluding hydrogens is 458 g/mol. The normalized spacial score (nSPS) is 11.7. The molecule has 15 heteroatoms. The Kier molecular flexibility index (Phi) is 6.13. The average molecular weight is 474 g/mol. The molecule has 1 amide bonds. The minimum atomic E-state index is -0.578. The fourth-order valence-electron chi connectivity index (χ4n) is 2.65. The van der Waals surface area contributed by atoms with Gasteiger partial charge in [0.1, 0.15) is 6.33 Å². The van der Waals surface area contributed by atoms with Crippen molar-refractivity contribution in [3.63, 3.8) is 0 Å². The largest absolute Gasteiger partial charge is 0.378 e. The standard InChI is InChI=1S/C17H16ClN11O2S/c1-9(10-5-3-4-6-11(10)18)21-23-16(30)13-12(7-32-17-24-20-8-28(17)2)29(27-22-13)15-14(19)25-31-26-15/h3-6,8H,7H2,1-2H3,(H2,19,25)(H,23,30)/b21-9-. The fourth-order valence-corrected chi connectivity index (χ4v) is 3.81. The van der Waals surface area contributed by atoms with Crippen molar-refractivity contribution in [1.29, 1.82) is 0 Å². The number of nitrogens with one attached hydrogen (secondary N) is 1. The van der Waals surface area contributed by atoms with Gasteiger partial charge in [0.05, 0.1) is 11.4 Å². The Labute approximate surface area is 190 Å². The van der Waals surface area contributed by atoms with Gasteiger partial charge >= 0.3 is 0 Å². The molecule has 164 valence electrons. The number of thioether (sulfide) groups is 1. The molecule has 0 bridgehead atoms. The molecule has 1 aromatic carbocycles. The number of amides is 1. The van der Waals surface area contributed by atoms with Crippen LogP contribution in [0.4, 0.5) is 5.82 Å². The summed E-state index contributed by atoms with van der Waals surface area (Å²) < 4.78 is 7.68. The van der Waals surface area contributed by atoms with Gasteiger partial charge in [0, 0.05) is 23.4 Å². The van der Waals surface area contributed by atoms with Crippen LogP contribution in [0.2, 0.25) is 5.02 Å². The second kappa shape index (κ2) is 9.15. The highest BCUT2D eigenvalue weighted by Crippen LogP contribution is 2.24. The Balaban J connectivity index is 1.62. The number of nitrogen functional groups attached to an aromatic ring is 1. The Hall–Kier alpha value is -3.78. The first-order valence-corrected chi connectivity index (χ1v) is 10.4. The summed E-state index contributed by atoms with van der Waals surface area (Å²) in [6.45, 7) is 1.73. The lowest BCUT2D eigenvalue weighted by Crippen LogP contribution is -2.21. The molecule has 0 aliphatic carbocycles. The number of halogens is 1. The number of anilines is 1. The van der Waals surface area contributed by atoms with Crippen molar-refractivity contribution in [3.8, 4) is 5.82 Å². The van der Waals surface area contributed by atoms with Gasteiger partial charge in [0.2, 0.25) is 11.6 Å². The lowest BCUT2D eigenvalue weighted by atomic mass is 10.1. The molecule has 0 saturated heterocycles. The van der Waals surface area contributed by atoms with E-state index in [0.717, 1.165) is 0 Å². The zero-order valence-corrected chi connectivity index (χ0v) is 18.4. The van der Waals surface area contributed by atoms with Crippen molar-refractivity contribution in [2.45, 2.75) is 17.8 Å². The van der Waals surface area contributed by atoms with Crippen molar-refractivity contribution >= 4 is 40.8 Å². The van der Waals surface area contributed by atoms with Gasteiger partial charge < -0.3 is 10.3 Å². The number of hydrazone groups is 1. The third-order valence-corrected chi connectivity index (χ3v) is 5.65. The maximum atomic E-state index is 12.9. The Morgan fingerprint density at radius 2 is 2.12 bits per heavy atom. The van der Waals surface area contributed by atoms with E-state index in [4.69, 9.17) is 17.3 Å². The summed E-state index contributed by atoms with van der Waals surface area (Å²) in [7, 11) is 1.80. The number of hydrogen-bond donors (Lipinski definition) is 2. The first kappa shape index (κ1) is 21.5. The predicted octanol–water partition coefficient (Wildman–Crippen LogP) is 1.46. The number of aromatic nitrogens is 8. The summed E-state index contributed by atoms with van der Waals surface area (Å²) in [6, 6.07) is 7.17. The molecule has 3 heterocycles. The summed E-state index contributed by atoms with van der Waals surface area (Å²) in [5.41, 5.74) is 9.91. The highest BCUT2D eigenvalue weighted by atomic mass is 35.5. The summed E-state index contributed by atoms with van der Waals surface area (Å²) in [4.78, 5) is 12.9. The molecule has 0 aliphatic heterocycles. The van der Waals surface area contributed by atoms with Crippen LogP contribution in [-0.2, 0) is 12.8 Å². The molecule has 0 spiro atoms. The molecule has 0 atom stereocenters. The molecule has 0 unspecified atom stereocenters. The second-order valence-corrected chi connectivity index (χ2v) is 7.75. The van der Waals surface area contributed by atoms with E-state index in [1.165, 1.54) is 16.4 Å². The van der Waals surface area contributed by atoms with E-state index < -0.39 is 5.91 Å². The smallest absolute Gasteiger partial charge is 0.293 e. The maximum absolute atomic E-state index is 12.9. The van der Waals surface area contributed by atoms with Gasteiger partial charge in [0.25, 0.3) is 5.91 Å². The SMILES string of the molecule is C/C(=N/NC(=O)c1nnn(-c2nonc2N)c1CSc1nncn1C)c1ccccc1Cl. The van der Waals surface area contributed by atoms with Gasteiger partial charge in [0.15, 0.2) is 10.9 Å². The number of rotatable bonds is 7. The lowest BCUT2D eigenvalue weighted by Gasteiger charge is -2.06. The van der Waals surface area contributed by atoms with Crippen molar-refractivity contribution in [3.05, 3.63) is 52.6 Å². The highest BCUT2D eigenvalue weighted by Gasteiger charge is 2.24. The summed E-state index contributed by atoms with van der Waals surface area (Å²) in [5, 5.41) is 28.4. The van der Waals surface area contributed by atoms with E-state index in [9.17, 15) is 4.79 Å². The van der Waals surface area contributed by atoms with Gasteiger partial charge in [-0.2, -0.15) is 9.78 Å². The van der Waals surface area contributed by atoms with E-state index in [-0.39, 0.29) is 23.1 Å². The van der Waals surface area contributed by atoms with Crippen LogP contribution in [0.25, 0.3) is 5.82 Å². The van der Waals surface area contributed by atoms with Crippen LogP contribution in [-0.4, -0.2) is 51.7 Å². The van der Waals surface area contributed by atoms with Crippen molar-refractivity contribution < 1.29 is 9.42 Å². The van der Waals surface area contributed by atoms with E-state index in [0.29, 0.717) is 27.1 Å². The van der Waals surface area contributed by atoms with Gasteiger partial charge in [-0.1, -0.05) is 46.8 Å². The molecule has 0 aliphatic rings. The minimum Gasteiger partial charge on any atom is -0.378 e. The van der Waals surface area contributed by atoms with Crippen LogP contribution >= 0.6 is 23.4 Å². The minimum absolute atomic E-state index is 0.000601. The average Bonchev–Trinajstić information content (AvgIpc) is 3.50. The lowest BCUT2D eigenvalue weighted by molar-refractivity contribution is 0.0949. The van der Waals surface area contributed by atoms with E-state index in [1.807, 2.05) is 12.1 Å².